The van der Waals surface area contributed by atoms with E-state index >= 15 is 0 Å². The van der Waals surface area contributed by atoms with Gasteiger partial charge in [-0.25, -0.2) is 9.80 Å². The molecule has 1 rings (SSSR count). The fourth-order valence-corrected chi connectivity index (χ4v) is 1.85. The molecule has 0 aromatic heterocycles. The number of carbonyl (C=O) groups excluding carboxylic acids is 2. The smallest absolute Gasteiger partial charge is 0.354 e. The van der Waals surface area contributed by atoms with Gasteiger partial charge in [-0.1, -0.05) is 23.2 Å². The van der Waals surface area contributed by atoms with Crippen LogP contribution in [0.15, 0.2) is 23.3 Å². The zero-order valence-electron chi connectivity index (χ0n) is 12.4. The summed E-state index contributed by atoms with van der Waals surface area (Å²) in [4.78, 5) is 23.3. The van der Waals surface area contributed by atoms with Gasteiger partial charge in [0.25, 0.3) is 5.91 Å². The van der Waals surface area contributed by atoms with E-state index in [1.165, 1.54) is 20.0 Å². The first kappa shape index (κ1) is 18.3. The van der Waals surface area contributed by atoms with Crippen LogP contribution in [0.4, 0.5) is 0 Å². The van der Waals surface area contributed by atoms with Crippen molar-refractivity contribution >= 4 is 40.8 Å². The molecular formula is C14H16Cl2N2O4. The normalized spacial score (nSPS) is 11.0. The number of ether oxygens (including phenoxy) is 2. The summed E-state index contributed by atoms with van der Waals surface area (Å²) in [6.07, 6.45) is 0. The predicted molar refractivity (Wildman–Crippen MR) is 84.5 cm³/mol. The van der Waals surface area contributed by atoms with Gasteiger partial charge in [0.2, 0.25) is 0 Å². The quantitative estimate of drug-likeness (QED) is 0.451. The van der Waals surface area contributed by atoms with Crippen molar-refractivity contribution in [1.82, 2.24) is 5.01 Å². The van der Waals surface area contributed by atoms with Crippen molar-refractivity contribution in [2.24, 2.45) is 5.10 Å². The highest BCUT2D eigenvalue weighted by molar-refractivity contribution is 6.36. The van der Waals surface area contributed by atoms with E-state index in [1.807, 2.05) is 0 Å². The molecule has 0 unspecified atom stereocenters. The van der Waals surface area contributed by atoms with Crippen molar-refractivity contribution in [2.45, 2.75) is 13.8 Å². The van der Waals surface area contributed by atoms with Crippen LogP contribution < -0.4 is 4.74 Å². The van der Waals surface area contributed by atoms with E-state index in [4.69, 9.17) is 32.7 Å². The van der Waals surface area contributed by atoms with Crippen LogP contribution in [0.1, 0.15) is 13.8 Å². The Hall–Kier alpha value is -1.79. The summed E-state index contributed by atoms with van der Waals surface area (Å²) in [5.74, 6) is -0.697. The maximum absolute atomic E-state index is 11.9. The van der Waals surface area contributed by atoms with Gasteiger partial charge in [-0.3, -0.25) is 4.79 Å². The van der Waals surface area contributed by atoms with E-state index in [0.29, 0.717) is 15.8 Å². The molecule has 0 saturated heterocycles. The molecule has 0 atom stereocenters. The van der Waals surface area contributed by atoms with Crippen LogP contribution in [0.25, 0.3) is 0 Å². The lowest BCUT2D eigenvalue weighted by atomic mass is 10.3. The van der Waals surface area contributed by atoms with E-state index in [-0.39, 0.29) is 18.9 Å². The first-order valence-corrected chi connectivity index (χ1v) is 7.17. The molecule has 0 aliphatic carbocycles. The number of esters is 1. The molecule has 8 heteroatoms. The molecule has 0 fully saturated rings. The third-order valence-electron chi connectivity index (χ3n) is 2.48. The van der Waals surface area contributed by atoms with Crippen LogP contribution in [0.5, 0.6) is 5.75 Å². The van der Waals surface area contributed by atoms with Gasteiger partial charge in [0.05, 0.1) is 11.6 Å². The van der Waals surface area contributed by atoms with E-state index in [2.05, 4.69) is 5.10 Å². The van der Waals surface area contributed by atoms with Crippen molar-refractivity contribution in [3.63, 3.8) is 0 Å². The van der Waals surface area contributed by atoms with Gasteiger partial charge in [0.15, 0.2) is 6.61 Å². The number of benzene rings is 1. The van der Waals surface area contributed by atoms with Crippen molar-refractivity contribution in [3.05, 3.63) is 28.2 Å². The summed E-state index contributed by atoms with van der Waals surface area (Å²) < 4.78 is 10.1. The topological polar surface area (TPSA) is 68.2 Å². The maximum Gasteiger partial charge on any atom is 0.354 e. The number of hydrogen-bond donors (Lipinski definition) is 0. The van der Waals surface area contributed by atoms with Gasteiger partial charge in [-0.05, 0) is 32.0 Å². The second-order valence-corrected chi connectivity index (χ2v) is 5.03. The van der Waals surface area contributed by atoms with Gasteiger partial charge in [0.1, 0.15) is 11.5 Å². The number of nitrogens with zero attached hydrogens (tertiary/aromatic N) is 2. The zero-order valence-corrected chi connectivity index (χ0v) is 13.9. The van der Waals surface area contributed by atoms with Gasteiger partial charge in [-0.2, -0.15) is 5.10 Å². The second-order valence-electron chi connectivity index (χ2n) is 4.19. The molecular weight excluding hydrogens is 331 g/mol. The molecule has 0 heterocycles. The highest BCUT2D eigenvalue weighted by Crippen LogP contribution is 2.27. The highest BCUT2D eigenvalue weighted by atomic mass is 35.5. The Morgan fingerprint density at radius 1 is 1.32 bits per heavy atom. The minimum Gasteiger partial charge on any atom is -0.482 e. The van der Waals surface area contributed by atoms with Crippen LogP contribution in [0.2, 0.25) is 10.0 Å². The summed E-state index contributed by atoms with van der Waals surface area (Å²) in [7, 11) is 1.41. The Morgan fingerprint density at radius 3 is 2.59 bits per heavy atom. The van der Waals surface area contributed by atoms with Crippen molar-refractivity contribution in [3.8, 4) is 5.75 Å². The minimum absolute atomic E-state index is 0.0715. The van der Waals surface area contributed by atoms with Gasteiger partial charge in [0, 0.05) is 12.1 Å². The number of likely N-dealkylation sites (N-methyl/N-ethyl adjacent to an activating group) is 1. The van der Waals surface area contributed by atoms with Crippen LogP contribution in [-0.4, -0.2) is 42.9 Å². The van der Waals surface area contributed by atoms with E-state index in [9.17, 15) is 9.59 Å². The zero-order chi connectivity index (χ0) is 16.7. The number of rotatable bonds is 6. The van der Waals surface area contributed by atoms with Crippen LogP contribution in [-0.2, 0) is 14.3 Å². The fraction of sp³-hybridized carbons (Fsp3) is 0.357. The molecule has 1 aromatic rings. The molecule has 0 bridgehead atoms. The van der Waals surface area contributed by atoms with E-state index in [0.717, 1.165) is 5.01 Å². The number of hydrogen-bond acceptors (Lipinski definition) is 5. The van der Waals surface area contributed by atoms with Crippen molar-refractivity contribution < 1.29 is 19.1 Å². The SMILES string of the molecule is CCOC(=O)C(C)=NN(C)C(=O)COc1ccc(Cl)cc1Cl. The lowest BCUT2D eigenvalue weighted by molar-refractivity contribution is -0.135. The largest absolute Gasteiger partial charge is 0.482 e. The Kier molecular flexibility index (Phi) is 7.14. The Labute approximate surface area is 138 Å². The Morgan fingerprint density at radius 2 is 2.00 bits per heavy atom. The average molecular weight is 347 g/mol. The third-order valence-corrected chi connectivity index (χ3v) is 3.01. The van der Waals surface area contributed by atoms with Gasteiger partial charge < -0.3 is 9.47 Å². The first-order chi connectivity index (χ1) is 10.3. The Balaban J connectivity index is 2.61. The summed E-state index contributed by atoms with van der Waals surface area (Å²) in [5.41, 5.74) is 0.0715. The number of halogens is 2. The van der Waals surface area contributed by atoms with Crippen molar-refractivity contribution in [1.29, 1.82) is 0 Å². The molecule has 22 heavy (non-hydrogen) atoms. The molecule has 0 aliphatic heterocycles. The van der Waals surface area contributed by atoms with E-state index in [1.54, 1.807) is 19.1 Å². The van der Waals surface area contributed by atoms with Crippen LogP contribution in [0, 0.1) is 0 Å². The monoisotopic (exact) mass is 346 g/mol. The van der Waals surface area contributed by atoms with E-state index < -0.39 is 11.9 Å². The highest BCUT2D eigenvalue weighted by Gasteiger charge is 2.13. The molecule has 6 nitrogen and oxygen atoms in total. The summed E-state index contributed by atoms with van der Waals surface area (Å²) >= 11 is 11.7. The fourth-order valence-electron chi connectivity index (χ4n) is 1.38. The molecule has 1 amide bonds. The standard InChI is InChI=1S/C14H16Cl2N2O4/c1-4-21-14(20)9(2)17-18(3)13(19)8-22-12-6-5-10(15)7-11(12)16/h5-7H,4,8H2,1-3H3. The van der Waals surface area contributed by atoms with Crippen molar-refractivity contribution in [2.75, 3.05) is 20.3 Å². The van der Waals surface area contributed by atoms with Gasteiger partial charge in [-0.15, -0.1) is 0 Å². The molecule has 0 spiro atoms. The average Bonchev–Trinajstić information content (AvgIpc) is 2.46. The Bertz CT molecular complexity index is 590. The molecule has 0 radical (unpaired) electrons. The molecule has 0 N–H and O–H groups in total. The van der Waals surface area contributed by atoms with Gasteiger partial charge >= 0.3 is 5.97 Å². The number of carbonyl (C=O) groups is 2. The minimum atomic E-state index is -0.580. The maximum atomic E-state index is 11.9. The van der Waals surface area contributed by atoms with Crippen LogP contribution >= 0.6 is 23.2 Å². The summed E-state index contributed by atoms with van der Waals surface area (Å²) in [6.45, 7) is 3.10. The lowest BCUT2D eigenvalue weighted by Crippen LogP contribution is -2.29. The summed E-state index contributed by atoms with van der Waals surface area (Å²) in [6, 6.07) is 4.67. The van der Waals surface area contributed by atoms with Crippen LogP contribution in [0.3, 0.4) is 0 Å². The molecule has 120 valence electrons. The molecule has 1 aromatic carbocycles. The third kappa shape index (κ3) is 5.54. The predicted octanol–water partition coefficient (Wildman–Crippen LogP) is 2.77. The number of hydrazone groups is 1. The first-order valence-electron chi connectivity index (χ1n) is 6.41. The lowest BCUT2D eigenvalue weighted by Gasteiger charge is -2.13. The second kappa shape index (κ2) is 8.60. The molecule has 0 saturated carbocycles. The summed E-state index contributed by atoms with van der Waals surface area (Å²) in [5, 5.41) is 5.61. The number of amides is 1. The molecule has 0 aliphatic rings.